The van der Waals surface area contributed by atoms with E-state index in [1.54, 1.807) is 5.51 Å². The van der Waals surface area contributed by atoms with Crippen LogP contribution in [0.5, 0.6) is 0 Å². The van der Waals surface area contributed by atoms with E-state index in [-0.39, 0.29) is 11.9 Å². The number of amides is 1. The standard InChI is InChI=1S/C16H16N4O2S2/c1-9-6-12(23-7-9)16(21)20-5-3-4-11(20)14-18-19-15(22-14)13-10(2)17-8-24-13/h6-8,11H,3-5H2,1-2H3/t11-/m0/s1. The number of carbonyl (C=O) groups is 1. The van der Waals surface area contributed by atoms with Crippen LogP contribution in [0.15, 0.2) is 21.4 Å². The van der Waals surface area contributed by atoms with Gasteiger partial charge in [-0.1, -0.05) is 0 Å². The van der Waals surface area contributed by atoms with Gasteiger partial charge in [0.2, 0.25) is 5.89 Å². The summed E-state index contributed by atoms with van der Waals surface area (Å²) < 4.78 is 5.87. The van der Waals surface area contributed by atoms with E-state index >= 15 is 0 Å². The molecule has 0 radical (unpaired) electrons. The molecule has 1 atom stereocenters. The molecule has 8 heteroatoms. The molecule has 4 rings (SSSR count). The maximum Gasteiger partial charge on any atom is 0.264 e. The number of hydrogen-bond donors (Lipinski definition) is 0. The zero-order valence-corrected chi connectivity index (χ0v) is 15.0. The second-order valence-electron chi connectivity index (χ2n) is 5.86. The zero-order chi connectivity index (χ0) is 16.7. The van der Waals surface area contributed by atoms with Crippen molar-refractivity contribution in [2.45, 2.75) is 32.7 Å². The third-order valence-corrected chi connectivity index (χ3v) is 6.07. The highest BCUT2D eigenvalue weighted by atomic mass is 32.1. The van der Waals surface area contributed by atoms with Crippen LogP contribution < -0.4 is 0 Å². The van der Waals surface area contributed by atoms with Crippen molar-refractivity contribution >= 4 is 28.6 Å². The Balaban J connectivity index is 1.60. The minimum atomic E-state index is -0.144. The van der Waals surface area contributed by atoms with Gasteiger partial charge in [0.05, 0.1) is 16.1 Å². The van der Waals surface area contributed by atoms with Crippen LogP contribution in [-0.2, 0) is 0 Å². The van der Waals surface area contributed by atoms with E-state index in [1.165, 1.54) is 22.7 Å². The minimum absolute atomic E-state index is 0.0457. The summed E-state index contributed by atoms with van der Waals surface area (Å²) in [5.41, 5.74) is 3.75. The second-order valence-corrected chi connectivity index (χ2v) is 7.62. The van der Waals surface area contributed by atoms with E-state index in [1.807, 2.05) is 30.2 Å². The summed E-state index contributed by atoms with van der Waals surface area (Å²) in [6.07, 6.45) is 1.79. The van der Waals surface area contributed by atoms with Crippen LogP contribution >= 0.6 is 22.7 Å². The molecule has 24 heavy (non-hydrogen) atoms. The van der Waals surface area contributed by atoms with E-state index < -0.39 is 0 Å². The molecule has 0 unspecified atom stereocenters. The number of thiophene rings is 1. The first kappa shape index (κ1) is 15.5. The Kier molecular flexibility index (Phi) is 3.93. The van der Waals surface area contributed by atoms with E-state index in [0.717, 1.165) is 40.4 Å². The van der Waals surface area contributed by atoms with Gasteiger partial charge in [-0.2, -0.15) is 0 Å². The maximum absolute atomic E-state index is 12.8. The van der Waals surface area contributed by atoms with Crippen molar-refractivity contribution in [3.8, 4) is 10.8 Å². The van der Waals surface area contributed by atoms with Crippen molar-refractivity contribution in [2.24, 2.45) is 0 Å². The Labute approximate surface area is 147 Å². The van der Waals surface area contributed by atoms with E-state index in [2.05, 4.69) is 15.2 Å². The van der Waals surface area contributed by atoms with Crippen LogP contribution in [0.4, 0.5) is 0 Å². The maximum atomic E-state index is 12.8. The first-order chi connectivity index (χ1) is 11.6. The number of aryl methyl sites for hydroxylation is 2. The van der Waals surface area contributed by atoms with Crippen LogP contribution in [0, 0.1) is 13.8 Å². The number of likely N-dealkylation sites (tertiary alicyclic amines) is 1. The summed E-state index contributed by atoms with van der Waals surface area (Å²) in [6, 6.07) is 1.79. The first-order valence-corrected chi connectivity index (χ1v) is 9.49. The molecule has 6 nitrogen and oxygen atoms in total. The van der Waals surface area contributed by atoms with Crippen LogP contribution in [0.1, 0.15) is 45.7 Å². The van der Waals surface area contributed by atoms with Crippen LogP contribution in [0.3, 0.4) is 0 Å². The highest BCUT2D eigenvalue weighted by Gasteiger charge is 2.35. The number of thiazole rings is 1. The highest BCUT2D eigenvalue weighted by Crippen LogP contribution is 2.35. The average Bonchev–Trinajstić information content (AvgIpc) is 3.32. The Bertz CT molecular complexity index is 882. The lowest BCUT2D eigenvalue weighted by Gasteiger charge is -2.21. The molecule has 0 aliphatic carbocycles. The van der Waals surface area contributed by atoms with Gasteiger partial charge in [-0.15, -0.1) is 32.9 Å². The lowest BCUT2D eigenvalue weighted by Crippen LogP contribution is -2.30. The Morgan fingerprint density at radius 2 is 2.21 bits per heavy atom. The van der Waals surface area contributed by atoms with E-state index in [4.69, 9.17) is 4.42 Å². The van der Waals surface area contributed by atoms with Crippen molar-refractivity contribution in [3.63, 3.8) is 0 Å². The molecule has 124 valence electrons. The molecule has 1 amide bonds. The second kappa shape index (κ2) is 6.10. The van der Waals surface area contributed by atoms with Crippen molar-refractivity contribution in [1.29, 1.82) is 0 Å². The number of aromatic nitrogens is 3. The van der Waals surface area contributed by atoms with E-state index in [9.17, 15) is 4.79 Å². The molecular weight excluding hydrogens is 344 g/mol. The summed E-state index contributed by atoms with van der Waals surface area (Å²) in [5, 5.41) is 10.3. The summed E-state index contributed by atoms with van der Waals surface area (Å²) in [6.45, 7) is 4.63. The average molecular weight is 360 g/mol. The summed E-state index contributed by atoms with van der Waals surface area (Å²) >= 11 is 2.96. The number of nitrogens with zero attached hydrogens (tertiary/aromatic N) is 4. The molecular formula is C16H16N4O2S2. The van der Waals surface area contributed by atoms with Gasteiger partial charge in [0, 0.05) is 6.54 Å². The molecule has 0 N–H and O–H groups in total. The molecule has 0 saturated carbocycles. The van der Waals surface area contributed by atoms with Crippen molar-refractivity contribution < 1.29 is 9.21 Å². The topological polar surface area (TPSA) is 72.1 Å². The van der Waals surface area contributed by atoms with Gasteiger partial charge >= 0.3 is 0 Å². The fourth-order valence-electron chi connectivity index (χ4n) is 2.92. The summed E-state index contributed by atoms with van der Waals surface area (Å²) in [7, 11) is 0. The largest absolute Gasteiger partial charge is 0.418 e. The number of carbonyl (C=O) groups excluding carboxylic acids is 1. The van der Waals surface area contributed by atoms with Gasteiger partial charge in [0.25, 0.3) is 11.8 Å². The zero-order valence-electron chi connectivity index (χ0n) is 13.4. The van der Waals surface area contributed by atoms with Gasteiger partial charge in [-0.05, 0) is 43.7 Å². The molecule has 3 aromatic rings. The van der Waals surface area contributed by atoms with Crippen LogP contribution in [0.25, 0.3) is 10.8 Å². The normalized spacial score (nSPS) is 17.6. The molecule has 0 bridgehead atoms. The monoisotopic (exact) mass is 360 g/mol. The smallest absolute Gasteiger partial charge is 0.264 e. The first-order valence-electron chi connectivity index (χ1n) is 7.73. The summed E-state index contributed by atoms with van der Waals surface area (Å²) in [4.78, 5) is 20.5. The number of rotatable bonds is 3. The van der Waals surface area contributed by atoms with Crippen LogP contribution in [0.2, 0.25) is 0 Å². The fourth-order valence-corrected chi connectivity index (χ4v) is 4.50. The predicted octanol–water partition coefficient (Wildman–Crippen LogP) is 3.85. The van der Waals surface area contributed by atoms with E-state index in [0.29, 0.717) is 11.8 Å². The SMILES string of the molecule is Cc1csc(C(=O)N2CCC[C@H]2c2nnc(-c3scnc3C)o2)c1. The molecule has 1 aliphatic rings. The Morgan fingerprint density at radius 3 is 2.92 bits per heavy atom. The Hall–Kier alpha value is -2.06. The molecule has 3 aromatic heterocycles. The third-order valence-electron chi connectivity index (χ3n) is 4.12. The lowest BCUT2D eigenvalue weighted by molar-refractivity contribution is 0.0721. The number of hydrogen-bond acceptors (Lipinski definition) is 7. The molecule has 0 aromatic carbocycles. The Morgan fingerprint density at radius 1 is 1.33 bits per heavy atom. The lowest BCUT2D eigenvalue weighted by atomic mass is 10.2. The predicted molar refractivity (Wildman–Crippen MR) is 92.2 cm³/mol. The van der Waals surface area contributed by atoms with Gasteiger partial charge < -0.3 is 9.32 Å². The van der Waals surface area contributed by atoms with Crippen LogP contribution in [-0.4, -0.2) is 32.5 Å². The third kappa shape index (κ3) is 2.65. The molecule has 0 spiro atoms. The van der Waals surface area contributed by atoms with Gasteiger partial charge in [0.15, 0.2) is 0 Å². The minimum Gasteiger partial charge on any atom is -0.418 e. The van der Waals surface area contributed by atoms with Crippen molar-refractivity contribution in [1.82, 2.24) is 20.1 Å². The summed E-state index contributed by atoms with van der Waals surface area (Å²) in [5.74, 6) is 1.04. The highest BCUT2D eigenvalue weighted by molar-refractivity contribution is 7.13. The van der Waals surface area contributed by atoms with Crippen molar-refractivity contribution in [3.05, 3.63) is 39.0 Å². The van der Waals surface area contributed by atoms with Gasteiger partial charge in [-0.25, -0.2) is 4.98 Å². The van der Waals surface area contributed by atoms with Gasteiger partial charge in [-0.3, -0.25) is 4.79 Å². The molecule has 1 aliphatic heterocycles. The fraction of sp³-hybridized carbons (Fsp3) is 0.375. The van der Waals surface area contributed by atoms with Gasteiger partial charge in [0.1, 0.15) is 10.9 Å². The molecule has 1 fully saturated rings. The molecule has 4 heterocycles. The molecule has 1 saturated heterocycles. The van der Waals surface area contributed by atoms with Crippen molar-refractivity contribution in [2.75, 3.05) is 6.54 Å². The quantitative estimate of drug-likeness (QED) is 0.709.